The summed E-state index contributed by atoms with van der Waals surface area (Å²) in [7, 11) is 5.34. The van der Waals surface area contributed by atoms with E-state index < -0.39 is 0 Å². The largest absolute Gasteiger partial charge is 0.178 e. The molecule has 4 aromatic rings. The van der Waals surface area contributed by atoms with Crippen molar-refractivity contribution in [3.8, 4) is 0 Å². The highest BCUT2D eigenvalue weighted by atomic mass is 31.0. The van der Waals surface area contributed by atoms with Gasteiger partial charge in [0.05, 0.1) is 0 Å². The molecule has 0 spiro atoms. The molecule has 4 heteroatoms. The van der Waals surface area contributed by atoms with E-state index in [2.05, 4.69) is 92.9 Å². The van der Waals surface area contributed by atoms with Crippen molar-refractivity contribution in [3.63, 3.8) is 0 Å². The van der Waals surface area contributed by atoms with Gasteiger partial charge in [-0.3, -0.25) is 0 Å². The molecular weight excluding hydrogens is 300 g/mol. The molecule has 4 aromatic carbocycles. The number of hydrogen-bond donors (Lipinski definition) is 0. The van der Waals surface area contributed by atoms with Crippen LogP contribution in [-0.4, -0.2) is 14.0 Å². The molecule has 0 heterocycles. The molecule has 0 saturated heterocycles. The zero-order valence-corrected chi connectivity index (χ0v) is 14.4. The first-order valence-electron chi connectivity index (χ1n) is 7.29. The zero-order chi connectivity index (χ0) is 15.1. The van der Waals surface area contributed by atoms with Crippen molar-refractivity contribution < 1.29 is 0 Å². The third-order valence-electron chi connectivity index (χ3n) is 4.27. The Balaban J connectivity index is 2.08. The topological polar surface area (TPSA) is 0 Å². The van der Waals surface area contributed by atoms with Gasteiger partial charge < -0.3 is 0 Å². The molecule has 0 aliphatic heterocycles. The van der Waals surface area contributed by atoms with Gasteiger partial charge in [0.1, 0.15) is 0 Å². The quantitative estimate of drug-likeness (QED) is 0.302. The van der Waals surface area contributed by atoms with Gasteiger partial charge >= 0.3 is 0 Å². The first-order chi connectivity index (χ1) is 10.8. The van der Waals surface area contributed by atoms with E-state index in [1.165, 1.54) is 43.2 Å². The van der Waals surface area contributed by atoms with Gasteiger partial charge in [-0.1, -0.05) is 71.6 Å². The lowest BCUT2D eigenvalue weighted by Gasteiger charge is -2.09. The smallest absolute Gasteiger partial charge is 0.172 e. The summed E-state index contributed by atoms with van der Waals surface area (Å²) < 4.78 is 0. The van der Waals surface area contributed by atoms with Gasteiger partial charge in [-0.15, -0.1) is 0 Å². The second kappa shape index (κ2) is 5.69. The highest BCUT2D eigenvalue weighted by Gasteiger charge is 2.05. The van der Waals surface area contributed by atoms with E-state index in [1.54, 1.807) is 0 Å². The highest BCUT2D eigenvalue weighted by Crippen LogP contribution is 2.30. The maximum Gasteiger partial charge on any atom is 0.178 e. The van der Waals surface area contributed by atoms with Crippen LogP contribution in [0.1, 0.15) is 0 Å². The molecule has 0 fully saturated rings. The van der Waals surface area contributed by atoms with Gasteiger partial charge in [-0.25, -0.2) is 0 Å². The van der Waals surface area contributed by atoms with E-state index >= 15 is 0 Å². The average molecular weight is 314 g/mol. The molecule has 22 heavy (non-hydrogen) atoms. The third-order valence-corrected chi connectivity index (χ3v) is 5.04. The van der Waals surface area contributed by atoms with Crippen molar-refractivity contribution in [2.24, 2.45) is 0 Å². The van der Waals surface area contributed by atoms with Crippen molar-refractivity contribution >= 4 is 75.5 Å². The summed E-state index contributed by atoms with van der Waals surface area (Å²) in [6.45, 7) is 4.12. The van der Waals surface area contributed by atoms with Gasteiger partial charge in [-0.2, -0.15) is 18.2 Å². The fourth-order valence-electron chi connectivity index (χ4n) is 3.13. The molecule has 4 rings (SSSR count). The number of fused-ring (bicyclic) bond motifs is 5. The lowest BCUT2D eigenvalue weighted by Crippen LogP contribution is -2.07. The van der Waals surface area contributed by atoms with Crippen LogP contribution in [0.15, 0.2) is 60.7 Å². The van der Waals surface area contributed by atoms with E-state index in [-0.39, 0.29) is 0 Å². The molecular formula is C18H14B2P2. The number of hydrogen-bond acceptors (Lipinski definition) is 0. The normalized spacial score (nSPS) is 11.2. The van der Waals surface area contributed by atoms with Crippen molar-refractivity contribution in [3.05, 3.63) is 60.7 Å². The Morgan fingerprint density at radius 3 is 1.32 bits per heavy atom. The molecule has 0 bridgehead atoms. The van der Waals surface area contributed by atoms with Crippen LogP contribution in [0.5, 0.6) is 0 Å². The predicted octanol–water partition coefficient (Wildman–Crippen LogP) is 3.39. The molecule has 0 aliphatic rings. The van der Waals surface area contributed by atoms with Crippen molar-refractivity contribution in [2.45, 2.75) is 0 Å². The molecule has 2 radical (unpaired) electrons. The molecule has 0 nitrogen and oxygen atoms in total. The molecule has 0 aliphatic carbocycles. The summed E-state index contributed by atoms with van der Waals surface area (Å²) in [5.41, 5.74) is 2.47. The van der Waals surface area contributed by atoms with Crippen LogP contribution in [0.4, 0.5) is 0 Å². The Bertz CT molecular complexity index is 929. The van der Waals surface area contributed by atoms with Gasteiger partial charge in [0.15, 0.2) is 14.0 Å². The van der Waals surface area contributed by atoms with Gasteiger partial charge in [0.25, 0.3) is 0 Å². The first kappa shape index (κ1) is 14.3. The van der Waals surface area contributed by atoms with E-state index in [0.29, 0.717) is 0 Å². The van der Waals surface area contributed by atoms with Crippen LogP contribution in [0.2, 0.25) is 0 Å². The number of benzene rings is 4. The molecule has 2 atom stereocenters. The monoisotopic (exact) mass is 314 g/mol. The third kappa shape index (κ3) is 2.26. The Labute approximate surface area is 136 Å². The second-order valence-corrected chi connectivity index (χ2v) is 6.19. The molecule has 0 saturated carbocycles. The van der Waals surface area contributed by atoms with E-state index in [4.69, 9.17) is 0 Å². The van der Waals surface area contributed by atoms with Crippen LogP contribution >= 0.6 is 18.2 Å². The fraction of sp³-hybridized carbons (Fsp3) is 0. The summed E-state index contributed by atoms with van der Waals surface area (Å²) in [6, 6.07) is 22.2. The Morgan fingerprint density at radius 1 is 0.500 bits per heavy atom. The van der Waals surface area contributed by atoms with Gasteiger partial charge in [-0.05, 0) is 32.3 Å². The maximum atomic E-state index is 2.67. The SMILES string of the molecule is P[B]c1ccc2c(ccc3c4ccc([B]P)cc4ccc23)c1. The zero-order valence-electron chi connectivity index (χ0n) is 12.1. The van der Waals surface area contributed by atoms with Crippen LogP contribution < -0.4 is 10.9 Å². The average Bonchev–Trinajstić information content (AvgIpc) is 2.59. The minimum absolute atomic E-state index is 1.23. The summed E-state index contributed by atoms with van der Waals surface area (Å²) in [4.78, 5) is 0. The Hall–Kier alpha value is -1.35. The summed E-state index contributed by atoms with van der Waals surface area (Å²) in [6.07, 6.45) is 0. The van der Waals surface area contributed by atoms with Crippen molar-refractivity contribution in [2.75, 3.05) is 0 Å². The van der Waals surface area contributed by atoms with Crippen LogP contribution in [0.3, 0.4) is 0 Å². The van der Waals surface area contributed by atoms with Crippen molar-refractivity contribution in [1.82, 2.24) is 0 Å². The van der Waals surface area contributed by atoms with Gasteiger partial charge in [0, 0.05) is 0 Å². The highest BCUT2D eigenvalue weighted by molar-refractivity contribution is 7.58. The van der Waals surface area contributed by atoms with E-state index in [0.717, 1.165) is 0 Å². The fourth-order valence-corrected chi connectivity index (χ4v) is 3.55. The van der Waals surface area contributed by atoms with E-state index in [1.807, 2.05) is 0 Å². The minimum Gasteiger partial charge on any atom is -0.172 e. The molecule has 0 N–H and O–H groups in total. The molecule has 0 aromatic heterocycles. The predicted molar refractivity (Wildman–Crippen MR) is 109 cm³/mol. The Morgan fingerprint density at radius 2 is 0.909 bits per heavy atom. The number of rotatable bonds is 2. The standard InChI is InChI=1S/C18H14B2P2/c21-19-13-3-7-15-11(9-13)1-5-17-16-8-4-14(20-22)10-12(16)2-6-18(15)17/h1-10H,21-22H2. The summed E-state index contributed by atoms with van der Waals surface area (Å²) in [5.74, 6) is 0. The second-order valence-electron chi connectivity index (χ2n) is 5.52. The summed E-state index contributed by atoms with van der Waals surface area (Å²) >= 11 is 0. The van der Waals surface area contributed by atoms with Crippen molar-refractivity contribution in [1.29, 1.82) is 0 Å². The lowest BCUT2D eigenvalue weighted by atomic mass is 9.88. The lowest BCUT2D eigenvalue weighted by molar-refractivity contribution is 1.82. The first-order valence-corrected chi connectivity index (χ1v) is 8.62. The summed E-state index contributed by atoms with van der Waals surface area (Å²) in [5, 5.41) is 7.86. The van der Waals surface area contributed by atoms with Crippen LogP contribution in [0, 0.1) is 0 Å². The van der Waals surface area contributed by atoms with Crippen LogP contribution in [-0.2, 0) is 0 Å². The van der Waals surface area contributed by atoms with E-state index in [9.17, 15) is 0 Å². The molecule has 102 valence electrons. The van der Waals surface area contributed by atoms with Gasteiger partial charge in [0.2, 0.25) is 0 Å². The van der Waals surface area contributed by atoms with Crippen LogP contribution in [0.25, 0.3) is 32.3 Å². The minimum atomic E-state index is 1.23. The molecule has 2 unspecified atom stereocenters. The Kier molecular flexibility index (Phi) is 3.69. The maximum absolute atomic E-state index is 2.67. The molecule has 0 amide bonds.